The minimum Gasteiger partial charge on any atom is -0.495 e. The molecule has 0 aliphatic heterocycles. The maximum atomic E-state index is 14.0. The Morgan fingerprint density at radius 1 is 1.26 bits per heavy atom. The normalized spacial score (nSPS) is 23.2. The summed E-state index contributed by atoms with van der Waals surface area (Å²) in [5.41, 5.74) is 2.50. The topological polar surface area (TPSA) is 109 Å². The summed E-state index contributed by atoms with van der Waals surface area (Å²) in [5, 5.41) is 4.21. The molecule has 0 radical (unpaired) electrons. The van der Waals surface area contributed by atoms with Crippen LogP contribution in [-0.4, -0.2) is 43.9 Å². The number of carbonyl (C=O) groups excluding carboxylic acids is 1. The number of ether oxygens (including phenoxy) is 1. The summed E-state index contributed by atoms with van der Waals surface area (Å²) < 4.78 is 93.5. The van der Waals surface area contributed by atoms with Crippen LogP contribution in [0.5, 0.6) is 5.75 Å². The number of benzene rings is 1. The van der Waals surface area contributed by atoms with Crippen LogP contribution in [0.1, 0.15) is 26.3 Å². The number of carbonyl (C=O) groups is 1. The van der Waals surface area contributed by atoms with Gasteiger partial charge in [-0.25, -0.2) is 15.0 Å². The third-order valence-electron chi connectivity index (χ3n) is 5.97. The van der Waals surface area contributed by atoms with E-state index in [1.807, 2.05) is 0 Å². The zero-order chi connectivity index (χ0) is 29.3. The maximum Gasteiger partial charge on any atom is 0.403 e. The number of aromatic nitrogens is 5. The molecule has 0 saturated heterocycles. The van der Waals surface area contributed by atoms with Crippen LogP contribution in [-0.2, 0) is 11.8 Å². The van der Waals surface area contributed by atoms with E-state index in [1.54, 1.807) is 30.3 Å². The molecule has 8 nitrogen and oxygen atoms in total. The fourth-order valence-corrected chi connectivity index (χ4v) is 4.19. The first-order valence-corrected chi connectivity index (χ1v) is 9.90. The molecular formula is C23H19F3N6O2. The molecule has 1 aliphatic carbocycles. The highest BCUT2D eigenvalue weighted by Gasteiger charge is 2.76. The average Bonchev–Trinajstić information content (AvgIpc) is 3.46. The molecule has 3 heterocycles. The lowest BCUT2D eigenvalue weighted by atomic mass is 9.99. The van der Waals surface area contributed by atoms with Gasteiger partial charge in [-0.05, 0) is 6.42 Å². The summed E-state index contributed by atoms with van der Waals surface area (Å²) in [7, 11) is -3.07. The number of hydrogen-bond acceptors (Lipinski definition) is 6. The maximum absolute atomic E-state index is 14.0. The summed E-state index contributed by atoms with van der Waals surface area (Å²) in [6.45, 7) is -2.67. The number of alkyl halides is 3. The van der Waals surface area contributed by atoms with Gasteiger partial charge in [0.1, 0.15) is 29.0 Å². The van der Waals surface area contributed by atoms with Crippen molar-refractivity contribution in [2.45, 2.75) is 18.5 Å². The number of pyridine rings is 1. The summed E-state index contributed by atoms with van der Waals surface area (Å²) in [4.78, 5) is 24.6. The first-order chi connectivity index (χ1) is 18.5. The van der Waals surface area contributed by atoms with Crippen molar-refractivity contribution < 1.29 is 30.9 Å². The Kier molecular flexibility index (Phi) is 3.48. The molecule has 34 heavy (non-hydrogen) atoms. The number of halogens is 3. The molecule has 4 aromatic rings. The van der Waals surface area contributed by atoms with Crippen LogP contribution >= 0.6 is 0 Å². The quantitative estimate of drug-likeness (QED) is 0.473. The standard InChI is InChI=1S/C23H19F3N6O2/c1-32-10-13(17(31-32)12-6-4-3-5-7-12)18-20-15(28-11-29-18)8-16(34-2)19(30-20)14-9-22(14,21(27)33)23(24,25)26/h3-8,10-11,14H,9H2,1-2H3,(H2,27,33)/i1D3,2D3. The van der Waals surface area contributed by atoms with Crippen molar-refractivity contribution in [3.63, 3.8) is 0 Å². The van der Waals surface area contributed by atoms with Crippen LogP contribution in [0.3, 0.4) is 0 Å². The molecule has 3 aromatic heterocycles. The molecular weight excluding hydrogens is 449 g/mol. The number of nitrogens with zero attached hydrogens (tertiary/aromatic N) is 5. The molecule has 2 unspecified atom stereocenters. The lowest BCUT2D eigenvalue weighted by Crippen LogP contribution is -2.39. The van der Waals surface area contributed by atoms with Crippen LogP contribution in [0, 0.1) is 5.41 Å². The zero-order valence-electron chi connectivity index (χ0n) is 23.2. The highest BCUT2D eigenvalue weighted by molar-refractivity contribution is 5.94. The van der Waals surface area contributed by atoms with Gasteiger partial charge >= 0.3 is 6.18 Å². The third-order valence-corrected chi connectivity index (χ3v) is 5.97. The van der Waals surface area contributed by atoms with Crippen molar-refractivity contribution in [3.05, 3.63) is 54.6 Å². The predicted molar refractivity (Wildman–Crippen MR) is 117 cm³/mol. The summed E-state index contributed by atoms with van der Waals surface area (Å²) in [6.07, 6.45) is -3.52. The summed E-state index contributed by atoms with van der Waals surface area (Å²) >= 11 is 0. The minimum atomic E-state index is -5.05. The first kappa shape index (κ1) is 15.8. The highest BCUT2D eigenvalue weighted by atomic mass is 19.4. The monoisotopic (exact) mass is 474 g/mol. The molecule has 1 aliphatic rings. The van der Waals surface area contributed by atoms with Crippen LogP contribution in [0.4, 0.5) is 13.2 Å². The number of fused-ring (bicyclic) bond motifs is 1. The lowest BCUT2D eigenvalue weighted by Gasteiger charge is -2.18. The number of nitrogens with two attached hydrogens (primary N) is 1. The van der Waals surface area contributed by atoms with E-state index < -0.39 is 55.3 Å². The van der Waals surface area contributed by atoms with E-state index in [9.17, 15) is 18.0 Å². The molecule has 1 saturated carbocycles. The minimum absolute atomic E-state index is 0.00835. The van der Waals surface area contributed by atoms with E-state index in [0.717, 1.165) is 17.1 Å². The van der Waals surface area contributed by atoms with Gasteiger partial charge in [-0.2, -0.15) is 18.3 Å². The van der Waals surface area contributed by atoms with E-state index >= 15 is 0 Å². The van der Waals surface area contributed by atoms with E-state index in [2.05, 4.69) is 20.1 Å². The van der Waals surface area contributed by atoms with Crippen LogP contribution in [0.2, 0.25) is 0 Å². The highest BCUT2D eigenvalue weighted by Crippen LogP contribution is 2.68. The molecule has 1 aromatic carbocycles. The molecule has 0 spiro atoms. The average molecular weight is 474 g/mol. The molecule has 2 N–H and O–H groups in total. The van der Waals surface area contributed by atoms with Crippen molar-refractivity contribution in [1.29, 1.82) is 0 Å². The van der Waals surface area contributed by atoms with Gasteiger partial charge in [-0.3, -0.25) is 9.48 Å². The van der Waals surface area contributed by atoms with Gasteiger partial charge in [-0.1, -0.05) is 30.3 Å². The van der Waals surface area contributed by atoms with Crippen LogP contribution in [0.15, 0.2) is 48.9 Å². The Morgan fingerprint density at radius 2 is 2.06 bits per heavy atom. The van der Waals surface area contributed by atoms with Crippen molar-refractivity contribution in [1.82, 2.24) is 24.7 Å². The zero-order valence-corrected chi connectivity index (χ0v) is 17.2. The molecule has 0 bridgehead atoms. The summed E-state index contributed by atoms with van der Waals surface area (Å²) in [6, 6.07) is 9.59. The summed E-state index contributed by atoms with van der Waals surface area (Å²) in [5.74, 6) is -3.81. The van der Waals surface area contributed by atoms with Crippen molar-refractivity contribution in [2.24, 2.45) is 18.1 Å². The number of rotatable bonds is 5. The second-order valence-electron chi connectivity index (χ2n) is 7.86. The number of methoxy groups -OCH3 is 1. The van der Waals surface area contributed by atoms with Crippen LogP contribution in [0.25, 0.3) is 33.5 Å². The smallest absolute Gasteiger partial charge is 0.403 e. The lowest BCUT2D eigenvalue weighted by molar-refractivity contribution is -0.192. The van der Waals surface area contributed by atoms with Crippen LogP contribution < -0.4 is 10.5 Å². The number of hydrogen-bond donors (Lipinski definition) is 1. The van der Waals surface area contributed by atoms with Gasteiger partial charge in [0.15, 0.2) is 5.41 Å². The Bertz CT molecular complexity index is 1620. The molecule has 1 fully saturated rings. The van der Waals surface area contributed by atoms with E-state index in [4.69, 9.17) is 18.7 Å². The molecule has 1 amide bonds. The van der Waals surface area contributed by atoms with E-state index in [-0.39, 0.29) is 28.0 Å². The van der Waals surface area contributed by atoms with Gasteiger partial charge in [0.05, 0.1) is 22.4 Å². The fraction of sp³-hybridized carbons (Fsp3) is 0.261. The Hall–Kier alpha value is -4.02. The second kappa shape index (κ2) is 7.51. The van der Waals surface area contributed by atoms with Gasteiger partial charge in [0.25, 0.3) is 0 Å². The van der Waals surface area contributed by atoms with Gasteiger partial charge in [0, 0.05) is 40.4 Å². The largest absolute Gasteiger partial charge is 0.495 e. The van der Waals surface area contributed by atoms with Gasteiger partial charge in [0.2, 0.25) is 5.91 Å². The second-order valence-corrected chi connectivity index (χ2v) is 7.86. The molecule has 174 valence electrons. The van der Waals surface area contributed by atoms with E-state index in [1.165, 1.54) is 6.20 Å². The Morgan fingerprint density at radius 3 is 2.71 bits per heavy atom. The Balaban J connectivity index is 1.77. The predicted octanol–water partition coefficient (Wildman–Crippen LogP) is 3.62. The van der Waals surface area contributed by atoms with Gasteiger partial charge in [-0.15, -0.1) is 0 Å². The first-order valence-electron chi connectivity index (χ1n) is 12.9. The fourth-order valence-electron chi connectivity index (χ4n) is 4.19. The van der Waals surface area contributed by atoms with Gasteiger partial charge < -0.3 is 10.5 Å². The molecule has 11 heteroatoms. The molecule has 2 atom stereocenters. The molecule has 5 rings (SSSR count). The van der Waals surface area contributed by atoms with Crippen molar-refractivity contribution in [2.75, 3.05) is 7.04 Å². The van der Waals surface area contributed by atoms with E-state index in [0.29, 0.717) is 5.56 Å². The number of amides is 1. The SMILES string of the molecule is [2H]C([2H])([2H])Oc1cc2ncnc(-c3cn(C([2H])([2H])[2H])nc3-c3ccccc3)c2nc1C1CC1(C(N)=O)C(F)(F)F. The van der Waals surface area contributed by atoms with Crippen molar-refractivity contribution >= 4 is 16.9 Å². The third kappa shape index (κ3) is 3.18. The Labute approximate surface area is 200 Å². The number of aryl methyl sites for hydroxylation is 1. The van der Waals surface area contributed by atoms with Crippen molar-refractivity contribution in [3.8, 4) is 28.3 Å². The number of primary amides is 1.